The van der Waals surface area contributed by atoms with Crippen LogP contribution in [0.3, 0.4) is 0 Å². The molecule has 1 atom stereocenters. The summed E-state index contributed by atoms with van der Waals surface area (Å²) >= 11 is 1.14. The number of rotatable bonds is 5. The summed E-state index contributed by atoms with van der Waals surface area (Å²) in [7, 11) is 0. The largest absolute Gasteiger partial charge is 0.360 e. The van der Waals surface area contributed by atoms with Gasteiger partial charge in [-0.25, -0.2) is 9.67 Å². The molecule has 0 aliphatic rings. The van der Waals surface area contributed by atoms with E-state index >= 15 is 0 Å². The predicted molar refractivity (Wildman–Crippen MR) is 105 cm³/mol. The second-order valence-electron chi connectivity index (χ2n) is 6.07. The molecule has 0 aliphatic carbocycles. The normalized spacial score (nSPS) is 12.2. The number of hydrogen-bond donors (Lipinski definition) is 2. The van der Waals surface area contributed by atoms with Gasteiger partial charge in [-0.3, -0.25) is 9.59 Å². The highest BCUT2D eigenvalue weighted by Crippen LogP contribution is 2.22. The summed E-state index contributed by atoms with van der Waals surface area (Å²) in [5.41, 5.74) is 0.908. The molecule has 0 aliphatic heterocycles. The van der Waals surface area contributed by atoms with E-state index in [0.29, 0.717) is 27.8 Å². The van der Waals surface area contributed by atoms with Gasteiger partial charge in [0, 0.05) is 6.07 Å². The number of carbonyl (C=O) groups excluding carboxylic acids is 1. The van der Waals surface area contributed by atoms with Gasteiger partial charge in [-0.1, -0.05) is 35.1 Å². The van der Waals surface area contributed by atoms with Crippen molar-refractivity contribution >= 4 is 34.5 Å². The van der Waals surface area contributed by atoms with Crippen molar-refractivity contribution in [3.63, 3.8) is 0 Å². The van der Waals surface area contributed by atoms with E-state index < -0.39 is 5.25 Å². The summed E-state index contributed by atoms with van der Waals surface area (Å²) < 4.78 is 6.53. The van der Waals surface area contributed by atoms with Gasteiger partial charge < -0.3 is 14.8 Å². The maximum Gasteiger partial charge on any atom is 0.262 e. The van der Waals surface area contributed by atoms with Crippen LogP contribution in [-0.2, 0) is 4.79 Å². The van der Waals surface area contributed by atoms with Crippen molar-refractivity contribution in [2.24, 2.45) is 0 Å². The molecule has 1 amide bonds. The molecule has 9 nitrogen and oxygen atoms in total. The van der Waals surface area contributed by atoms with Crippen molar-refractivity contribution < 1.29 is 9.32 Å². The number of carbonyl (C=O) groups is 1. The maximum atomic E-state index is 12.4. The third-order valence-corrected chi connectivity index (χ3v) is 4.94. The lowest BCUT2D eigenvalue weighted by Gasteiger charge is -2.10. The number of amides is 1. The van der Waals surface area contributed by atoms with Gasteiger partial charge in [0.1, 0.15) is 11.1 Å². The number of para-hydroxylation sites is 1. The van der Waals surface area contributed by atoms with Crippen LogP contribution in [-0.4, -0.2) is 36.1 Å². The summed E-state index contributed by atoms with van der Waals surface area (Å²) in [6, 6.07) is 11.0. The van der Waals surface area contributed by atoms with Crippen LogP contribution in [0.25, 0.3) is 16.7 Å². The minimum absolute atomic E-state index is 0.280. The van der Waals surface area contributed by atoms with Crippen molar-refractivity contribution in [3.8, 4) is 5.69 Å². The molecule has 0 saturated heterocycles. The molecule has 4 aromatic rings. The first kappa shape index (κ1) is 18.0. The molecule has 3 heterocycles. The first-order chi connectivity index (χ1) is 13.5. The number of H-pyrrole nitrogens is 1. The Hall–Kier alpha value is -3.40. The number of aryl methyl sites for hydroxylation is 1. The van der Waals surface area contributed by atoms with Crippen LogP contribution < -0.4 is 10.9 Å². The second kappa shape index (κ2) is 7.31. The van der Waals surface area contributed by atoms with E-state index in [9.17, 15) is 9.59 Å². The van der Waals surface area contributed by atoms with E-state index in [-0.39, 0.29) is 11.5 Å². The molecule has 0 bridgehead atoms. The van der Waals surface area contributed by atoms with Crippen LogP contribution in [0, 0.1) is 6.92 Å². The lowest BCUT2D eigenvalue weighted by Crippen LogP contribution is -2.23. The quantitative estimate of drug-likeness (QED) is 0.393. The van der Waals surface area contributed by atoms with Crippen LogP contribution >= 0.6 is 11.8 Å². The summed E-state index contributed by atoms with van der Waals surface area (Å²) in [6.45, 7) is 3.45. The summed E-state index contributed by atoms with van der Waals surface area (Å²) in [4.78, 5) is 32.0. The highest BCUT2D eigenvalue weighted by molar-refractivity contribution is 8.00. The average Bonchev–Trinajstić information content (AvgIpc) is 3.28. The van der Waals surface area contributed by atoms with Gasteiger partial charge in [0.2, 0.25) is 5.91 Å². The van der Waals surface area contributed by atoms with Gasteiger partial charge in [0.25, 0.3) is 5.56 Å². The Morgan fingerprint density at radius 2 is 2.11 bits per heavy atom. The van der Waals surface area contributed by atoms with Crippen LogP contribution in [0.4, 0.5) is 5.82 Å². The summed E-state index contributed by atoms with van der Waals surface area (Å²) in [6.07, 6.45) is 1.48. The smallest absolute Gasteiger partial charge is 0.262 e. The van der Waals surface area contributed by atoms with Gasteiger partial charge in [-0.2, -0.15) is 5.10 Å². The minimum Gasteiger partial charge on any atom is -0.360 e. The Morgan fingerprint density at radius 3 is 2.82 bits per heavy atom. The molecule has 4 rings (SSSR count). The Morgan fingerprint density at radius 1 is 1.32 bits per heavy atom. The number of hydrogen-bond acceptors (Lipinski definition) is 7. The van der Waals surface area contributed by atoms with Gasteiger partial charge in [0.05, 0.1) is 17.1 Å². The average molecular weight is 396 g/mol. The SMILES string of the molecule is Cc1cc(NC(=O)[C@@H](C)Sc2nc3c(cnn3-c3ccccc3)c(=O)[nH]2)no1. The predicted octanol–water partition coefficient (Wildman–Crippen LogP) is 2.52. The minimum atomic E-state index is -0.522. The molecule has 2 N–H and O–H groups in total. The highest BCUT2D eigenvalue weighted by atomic mass is 32.2. The Labute approximate surface area is 163 Å². The lowest BCUT2D eigenvalue weighted by atomic mass is 10.3. The fourth-order valence-electron chi connectivity index (χ4n) is 2.59. The summed E-state index contributed by atoms with van der Waals surface area (Å²) in [5, 5.41) is 10.9. The van der Waals surface area contributed by atoms with Crippen LogP contribution in [0.1, 0.15) is 12.7 Å². The molecule has 142 valence electrons. The van der Waals surface area contributed by atoms with Crippen molar-refractivity contribution in [1.82, 2.24) is 24.9 Å². The van der Waals surface area contributed by atoms with E-state index in [1.165, 1.54) is 6.20 Å². The first-order valence-corrected chi connectivity index (χ1v) is 9.33. The number of anilines is 1. The lowest BCUT2D eigenvalue weighted by molar-refractivity contribution is -0.115. The van der Waals surface area contributed by atoms with Gasteiger partial charge in [0.15, 0.2) is 16.6 Å². The number of thioether (sulfide) groups is 1. The molecular formula is C18H16N6O3S. The maximum absolute atomic E-state index is 12.4. The van der Waals surface area contributed by atoms with Crippen LogP contribution in [0.2, 0.25) is 0 Å². The molecule has 28 heavy (non-hydrogen) atoms. The third kappa shape index (κ3) is 3.54. The van der Waals surface area contributed by atoms with E-state index in [2.05, 4.69) is 25.5 Å². The van der Waals surface area contributed by atoms with E-state index in [4.69, 9.17) is 4.52 Å². The third-order valence-electron chi connectivity index (χ3n) is 3.95. The summed E-state index contributed by atoms with van der Waals surface area (Å²) in [5.74, 6) is 0.660. The van der Waals surface area contributed by atoms with E-state index in [1.54, 1.807) is 24.6 Å². The molecule has 1 aromatic carbocycles. The van der Waals surface area contributed by atoms with E-state index in [0.717, 1.165) is 17.4 Å². The number of benzene rings is 1. The standard InChI is InChI=1S/C18H16N6O3S/c1-10-8-14(23-27-10)20-16(25)11(2)28-18-21-15-13(17(26)22-18)9-19-24(15)12-6-4-3-5-7-12/h3-9,11H,1-2H3,(H,20,23,25)(H,21,22,26)/t11-/m1/s1. The van der Waals surface area contributed by atoms with Crippen molar-refractivity contribution in [3.05, 3.63) is 58.7 Å². The van der Waals surface area contributed by atoms with Crippen LogP contribution in [0.15, 0.2) is 57.1 Å². The molecule has 10 heteroatoms. The van der Waals surface area contributed by atoms with Gasteiger partial charge in [-0.15, -0.1) is 0 Å². The topological polar surface area (TPSA) is 119 Å². The Bertz CT molecular complexity index is 1200. The number of aromatic nitrogens is 5. The van der Waals surface area contributed by atoms with Crippen LogP contribution in [0.5, 0.6) is 0 Å². The zero-order valence-electron chi connectivity index (χ0n) is 15.0. The first-order valence-electron chi connectivity index (χ1n) is 8.45. The van der Waals surface area contributed by atoms with E-state index in [1.807, 2.05) is 30.3 Å². The fourth-order valence-corrected chi connectivity index (χ4v) is 3.38. The Kier molecular flexibility index (Phi) is 4.70. The fraction of sp³-hybridized carbons (Fsp3) is 0.167. The molecule has 3 aromatic heterocycles. The monoisotopic (exact) mass is 396 g/mol. The molecule has 0 unspecified atom stereocenters. The number of fused-ring (bicyclic) bond motifs is 1. The second-order valence-corrected chi connectivity index (χ2v) is 7.40. The Balaban J connectivity index is 1.60. The number of nitrogens with one attached hydrogen (secondary N) is 2. The zero-order chi connectivity index (χ0) is 19.7. The number of nitrogens with zero attached hydrogens (tertiary/aromatic N) is 4. The molecule has 0 fully saturated rings. The molecule has 0 spiro atoms. The van der Waals surface area contributed by atoms with Gasteiger partial charge in [-0.05, 0) is 26.0 Å². The zero-order valence-corrected chi connectivity index (χ0v) is 15.9. The van der Waals surface area contributed by atoms with Crippen molar-refractivity contribution in [1.29, 1.82) is 0 Å². The van der Waals surface area contributed by atoms with Crippen molar-refractivity contribution in [2.75, 3.05) is 5.32 Å². The molecule has 0 radical (unpaired) electrons. The molecule has 0 saturated carbocycles. The van der Waals surface area contributed by atoms with Gasteiger partial charge >= 0.3 is 0 Å². The number of aromatic amines is 1. The highest BCUT2D eigenvalue weighted by Gasteiger charge is 2.19. The van der Waals surface area contributed by atoms with Crippen molar-refractivity contribution in [2.45, 2.75) is 24.3 Å². The molecular weight excluding hydrogens is 380 g/mol.